The minimum absolute atomic E-state index is 0.306. The number of anilines is 1. The van der Waals surface area contributed by atoms with Crippen molar-refractivity contribution < 1.29 is 14.3 Å². The SMILES string of the molecule is CC(C)(C)OC(=O)NC1N=C(C2CCCCC2)c2ccccc2NC1=O. The van der Waals surface area contributed by atoms with Crippen molar-refractivity contribution in [2.45, 2.75) is 64.6 Å². The smallest absolute Gasteiger partial charge is 0.409 e. The molecule has 1 aliphatic heterocycles. The predicted octanol–water partition coefficient (Wildman–Crippen LogP) is 3.86. The normalized spacial score (nSPS) is 21.1. The number of rotatable bonds is 2. The number of benzene rings is 1. The Bertz CT molecular complexity index is 715. The molecule has 1 heterocycles. The monoisotopic (exact) mass is 357 g/mol. The van der Waals surface area contributed by atoms with Gasteiger partial charge in [0.25, 0.3) is 5.91 Å². The molecule has 6 nitrogen and oxygen atoms in total. The van der Waals surface area contributed by atoms with E-state index in [1.165, 1.54) is 6.42 Å². The maximum absolute atomic E-state index is 12.6. The Labute approximate surface area is 154 Å². The van der Waals surface area contributed by atoms with Crippen LogP contribution in [0.2, 0.25) is 0 Å². The van der Waals surface area contributed by atoms with Crippen LogP contribution >= 0.6 is 0 Å². The summed E-state index contributed by atoms with van der Waals surface area (Å²) >= 11 is 0. The molecule has 0 spiro atoms. The zero-order valence-electron chi connectivity index (χ0n) is 15.7. The van der Waals surface area contributed by atoms with Crippen molar-refractivity contribution >= 4 is 23.4 Å². The van der Waals surface area contributed by atoms with Crippen LogP contribution in [0.1, 0.15) is 58.4 Å². The first kappa shape index (κ1) is 18.4. The molecule has 0 aromatic heterocycles. The van der Waals surface area contributed by atoms with Crippen molar-refractivity contribution in [2.24, 2.45) is 10.9 Å². The maximum Gasteiger partial charge on any atom is 0.409 e. The molecule has 1 unspecified atom stereocenters. The Morgan fingerprint density at radius 1 is 1.19 bits per heavy atom. The fraction of sp³-hybridized carbons (Fsp3) is 0.550. The van der Waals surface area contributed by atoms with Gasteiger partial charge in [-0.2, -0.15) is 0 Å². The fourth-order valence-corrected chi connectivity index (χ4v) is 3.50. The van der Waals surface area contributed by atoms with E-state index in [9.17, 15) is 9.59 Å². The lowest BCUT2D eigenvalue weighted by Gasteiger charge is -2.25. The lowest BCUT2D eigenvalue weighted by atomic mass is 9.83. The van der Waals surface area contributed by atoms with Crippen molar-refractivity contribution in [1.29, 1.82) is 0 Å². The van der Waals surface area contributed by atoms with Gasteiger partial charge in [0.15, 0.2) is 0 Å². The van der Waals surface area contributed by atoms with Gasteiger partial charge in [-0.25, -0.2) is 4.79 Å². The first-order valence-corrected chi connectivity index (χ1v) is 9.31. The molecule has 2 amide bonds. The number of nitrogens with one attached hydrogen (secondary N) is 2. The summed E-state index contributed by atoms with van der Waals surface area (Å²) in [4.78, 5) is 29.5. The standard InChI is InChI=1S/C20H27N3O3/c1-20(2,3)26-19(25)23-17-18(24)21-15-12-8-7-11-14(15)16(22-17)13-9-5-4-6-10-13/h7-8,11-13,17H,4-6,9-10H2,1-3H3,(H,21,24)(H,23,25). The Kier molecular flexibility index (Phi) is 5.30. The number of fused-ring (bicyclic) bond motifs is 1. The second-order valence-electron chi connectivity index (χ2n) is 7.93. The molecular weight excluding hydrogens is 330 g/mol. The van der Waals surface area contributed by atoms with Gasteiger partial charge in [-0.15, -0.1) is 0 Å². The maximum atomic E-state index is 12.6. The lowest BCUT2D eigenvalue weighted by molar-refractivity contribution is -0.118. The molecule has 26 heavy (non-hydrogen) atoms. The highest BCUT2D eigenvalue weighted by Gasteiger charge is 2.31. The van der Waals surface area contributed by atoms with Crippen molar-refractivity contribution in [3.05, 3.63) is 29.8 Å². The van der Waals surface area contributed by atoms with E-state index >= 15 is 0 Å². The number of hydrogen-bond acceptors (Lipinski definition) is 4. The molecule has 1 aliphatic carbocycles. The summed E-state index contributed by atoms with van der Waals surface area (Å²) in [5.74, 6) is -0.0466. The third-order valence-electron chi connectivity index (χ3n) is 4.62. The quantitative estimate of drug-likeness (QED) is 0.843. The van der Waals surface area contributed by atoms with E-state index in [2.05, 4.69) is 15.6 Å². The van der Waals surface area contributed by atoms with Crippen molar-refractivity contribution in [1.82, 2.24) is 5.32 Å². The lowest BCUT2D eigenvalue weighted by Crippen LogP contribution is -2.44. The molecule has 1 fully saturated rings. The largest absolute Gasteiger partial charge is 0.444 e. The molecule has 1 saturated carbocycles. The number of amides is 2. The fourth-order valence-electron chi connectivity index (χ4n) is 3.50. The minimum Gasteiger partial charge on any atom is -0.444 e. The van der Waals surface area contributed by atoms with E-state index < -0.39 is 17.9 Å². The summed E-state index contributed by atoms with van der Waals surface area (Å²) in [5.41, 5.74) is 1.96. The molecular formula is C20H27N3O3. The second-order valence-corrected chi connectivity index (χ2v) is 7.93. The molecule has 1 aromatic carbocycles. The predicted molar refractivity (Wildman–Crippen MR) is 101 cm³/mol. The third kappa shape index (κ3) is 4.42. The third-order valence-corrected chi connectivity index (χ3v) is 4.62. The van der Waals surface area contributed by atoms with Gasteiger partial charge in [0.2, 0.25) is 6.17 Å². The molecule has 0 bridgehead atoms. The molecule has 0 radical (unpaired) electrons. The highest BCUT2D eigenvalue weighted by atomic mass is 16.6. The summed E-state index contributed by atoms with van der Waals surface area (Å²) in [5, 5.41) is 5.49. The average molecular weight is 357 g/mol. The molecule has 140 valence electrons. The van der Waals surface area contributed by atoms with Gasteiger partial charge >= 0.3 is 6.09 Å². The van der Waals surface area contributed by atoms with Crippen LogP contribution in [0.4, 0.5) is 10.5 Å². The van der Waals surface area contributed by atoms with Gasteiger partial charge in [-0.1, -0.05) is 37.5 Å². The highest BCUT2D eigenvalue weighted by Crippen LogP contribution is 2.31. The van der Waals surface area contributed by atoms with Crippen LogP contribution in [0.3, 0.4) is 0 Å². The van der Waals surface area contributed by atoms with Gasteiger partial charge in [0.1, 0.15) is 5.60 Å². The Balaban J connectivity index is 1.90. The van der Waals surface area contributed by atoms with E-state index in [0.717, 1.165) is 42.6 Å². The Morgan fingerprint density at radius 3 is 2.58 bits per heavy atom. The number of para-hydroxylation sites is 1. The molecule has 2 aliphatic rings. The van der Waals surface area contributed by atoms with Crippen molar-refractivity contribution in [3.8, 4) is 0 Å². The van der Waals surface area contributed by atoms with E-state index in [-0.39, 0.29) is 5.91 Å². The van der Waals surface area contributed by atoms with Gasteiger partial charge < -0.3 is 10.1 Å². The molecule has 1 aromatic rings. The second kappa shape index (κ2) is 7.48. The summed E-state index contributed by atoms with van der Waals surface area (Å²) in [6.07, 6.45) is 4.04. The van der Waals surface area contributed by atoms with Crippen LogP contribution in [-0.4, -0.2) is 29.5 Å². The number of hydrogen-bond donors (Lipinski definition) is 2. The van der Waals surface area contributed by atoms with Gasteiger partial charge in [0.05, 0.1) is 5.71 Å². The van der Waals surface area contributed by atoms with Crippen LogP contribution in [0.25, 0.3) is 0 Å². The Morgan fingerprint density at radius 2 is 1.88 bits per heavy atom. The van der Waals surface area contributed by atoms with Gasteiger partial charge in [-0.3, -0.25) is 15.1 Å². The first-order chi connectivity index (χ1) is 12.3. The van der Waals surface area contributed by atoms with Gasteiger partial charge in [-0.05, 0) is 39.7 Å². The highest BCUT2D eigenvalue weighted by molar-refractivity contribution is 6.13. The van der Waals surface area contributed by atoms with E-state index in [0.29, 0.717) is 5.92 Å². The van der Waals surface area contributed by atoms with E-state index in [1.54, 1.807) is 20.8 Å². The number of nitrogens with zero attached hydrogens (tertiary/aromatic N) is 1. The Hall–Kier alpha value is -2.37. The van der Waals surface area contributed by atoms with Crippen LogP contribution in [-0.2, 0) is 9.53 Å². The number of benzodiazepines with no additional fused rings is 1. The number of ether oxygens (including phenoxy) is 1. The summed E-state index contributed by atoms with van der Waals surface area (Å²) in [6.45, 7) is 5.35. The molecule has 2 N–H and O–H groups in total. The molecule has 3 rings (SSSR count). The molecule has 1 atom stereocenters. The zero-order chi connectivity index (χ0) is 18.7. The average Bonchev–Trinajstić information content (AvgIpc) is 2.71. The van der Waals surface area contributed by atoms with Crippen LogP contribution in [0, 0.1) is 5.92 Å². The summed E-state index contributed by atoms with van der Waals surface area (Å²) in [6, 6.07) is 7.70. The van der Waals surface area contributed by atoms with Crippen LogP contribution in [0.5, 0.6) is 0 Å². The molecule has 6 heteroatoms. The summed E-state index contributed by atoms with van der Waals surface area (Å²) in [7, 11) is 0. The van der Waals surface area contributed by atoms with Crippen LogP contribution in [0.15, 0.2) is 29.3 Å². The molecule has 0 saturated heterocycles. The first-order valence-electron chi connectivity index (χ1n) is 9.31. The summed E-state index contributed by atoms with van der Waals surface area (Å²) < 4.78 is 5.29. The minimum atomic E-state index is -0.992. The van der Waals surface area contributed by atoms with E-state index in [1.807, 2.05) is 24.3 Å². The van der Waals surface area contributed by atoms with E-state index in [4.69, 9.17) is 4.74 Å². The number of aliphatic imine (C=N–C) groups is 1. The van der Waals surface area contributed by atoms with Crippen molar-refractivity contribution in [3.63, 3.8) is 0 Å². The number of carbonyl (C=O) groups excluding carboxylic acids is 2. The van der Waals surface area contributed by atoms with Crippen molar-refractivity contribution in [2.75, 3.05) is 5.32 Å². The number of alkyl carbamates (subject to hydrolysis) is 1. The van der Waals surface area contributed by atoms with Gasteiger partial charge in [0, 0.05) is 17.2 Å². The number of carbonyl (C=O) groups is 2. The zero-order valence-corrected chi connectivity index (χ0v) is 15.7. The topological polar surface area (TPSA) is 79.8 Å². The van der Waals surface area contributed by atoms with Crippen LogP contribution < -0.4 is 10.6 Å².